The van der Waals surface area contributed by atoms with Crippen LogP contribution in [0.15, 0.2) is 47.5 Å². The summed E-state index contributed by atoms with van der Waals surface area (Å²) in [6.45, 7) is 4.54. The molecule has 0 aliphatic carbocycles. The van der Waals surface area contributed by atoms with Gasteiger partial charge in [-0.2, -0.15) is 4.99 Å². The van der Waals surface area contributed by atoms with Crippen LogP contribution in [-0.4, -0.2) is 15.4 Å². The molecule has 0 fully saturated rings. The molecule has 7 heteroatoms. The average molecular weight is 379 g/mol. The van der Waals surface area contributed by atoms with E-state index < -0.39 is 10.8 Å². The van der Waals surface area contributed by atoms with Crippen molar-refractivity contribution in [3.05, 3.63) is 68.5 Å². The topological polar surface area (TPSA) is 77.5 Å². The van der Waals surface area contributed by atoms with Crippen molar-refractivity contribution in [3.63, 3.8) is 0 Å². The standard InChI is InChI=1S/C20H17N3O3S/c1-4-11-22-17-10-7-15(13(2)3)12-18(17)27-20(22)21-19(24)14-5-8-16(9-6-14)23(25)26/h1,5-10,12-13H,11H2,2-3H3. The number of terminal acetylenes is 1. The molecule has 0 radical (unpaired) electrons. The molecule has 0 unspecified atom stereocenters. The Labute approximate surface area is 160 Å². The van der Waals surface area contributed by atoms with E-state index in [0.717, 1.165) is 10.2 Å². The molecule has 0 aliphatic heterocycles. The number of carbonyl (C=O) groups is 1. The summed E-state index contributed by atoms with van der Waals surface area (Å²) in [5.74, 6) is 2.52. The maximum absolute atomic E-state index is 12.5. The van der Waals surface area contributed by atoms with Crippen molar-refractivity contribution in [2.24, 2.45) is 4.99 Å². The van der Waals surface area contributed by atoms with Gasteiger partial charge in [-0.05, 0) is 35.7 Å². The van der Waals surface area contributed by atoms with Gasteiger partial charge in [0, 0.05) is 17.7 Å². The van der Waals surface area contributed by atoms with Gasteiger partial charge in [0.25, 0.3) is 11.6 Å². The van der Waals surface area contributed by atoms with E-state index in [2.05, 4.69) is 36.9 Å². The molecule has 0 saturated heterocycles. The molecule has 3 rings (SSSR count). The van der Waals surface area contributed by atoms with E-state index in [4.69, 9.17) is 6.42 Å². The van der Waals surface area contributed by atoms with Crippen LogP contribution in [0.5, 0.6) is 0 Å². The summed E-state index contributed by atoms with van der Waals surface area (Å²) in [6.07, 6.45) is 5.49. The van der Waals surface area contributed by atoms with Crippen molar-refractivity contribution in [1.82, 2.24) is 4.57 Å². The van der Waals surface area contributed by atoms with Crippen LogP contribution in [-0.2, 0) is 6.54 Å². The summed E-state index contributed by atoms with van der Waals surface area (Å²) in [5.41, 5.74) is 2.34. The normalized spacial score (nSPS) is 11.7. The number of aromatic nitrogens is 1. The Kier molecular flexibility index (Phi) is 5.19. The monoisotopic (exact) mass is 379 g/mol. The quantitative estimate of drug-likeness (QED) is 0.389. The Morgan fingerprint density at radius 3 is 2.59 bits per heavy atom. The number of nitro groups is 1. The molecular formula is C20H17N3O3S. The van der Waals surface area contributed by atoms with Gasteiger partial charge in [0.15, 0.2) is 4.80 Å². The van der Waals surface area contributed by atoms with Gasteiger partial charge in [-0.1, -0.05) is 37.2 Å². The van der Waals surface area contributed by atoms with Crippen LogP contribution in [0, 0.1) is 22.5 Å². The van der Waals surface area contributed by atoms with E-state index >= 15 is 0 Å². The Bertz CT molecular complexity index is 1130. The number of rotatable bonds is 4. The zero-order valence-corrected chi connectivity index (χ0v) is 15.7. The van der Waals surface area contributed by atoms with Crippen molar-refractivity contribution in [2.45, 2.75) is 26.3 Å². The first-order valence-corrected chi connectivity index (χ1v) is 9.12. The number of hydrogen-bond donors (Lipinski definition) is 0. The number of benzene rings is 2. The molecule has 0 N–H and O–H groups in total. The summed E-state index contributed by atoms with van der Waals surface area (Å²) in [4.78, 5) is 27.5. The van der Waals surface area contributed by atoms with Crippen molar-refractivity contribution >= 4 is 33.1 Å². The molecule has 0 aliphatic rings. The van der Waals surface area contributed by atoms with Gasteiger partial charge in [-0.3, -0.25) is 14.9 Å². The fraction of sp³-hybridized carbons (Fsp3) is 0.200. The van der Waals surface area contributed by atoms with Gasteiger partial charge >= 0.3 is 0 Å². The Morgan fingerprint density at radius 1 is 1.30 bits per heavy atom. The van der Waals surface area contributed by atoms with E-state index in [1.54, 1.807) is 0 Å². The molecule has 0 bridgehead atoms. The van der Waals surface area contributed by atoms with Crippen LogP contribution in [0.4, 0.5) is 5.69 Å². The van der Waals surface area contributed by atoms with Crippen LogP contribution in [0.1, 0.15) is 35.7 Å². The van der Waals surface area contributed by atoms with Crippen molar-refractivity contribution < 1.29 is 9.72 Å². The summed E-state index contributed by atoms with van der Waals surface area (Å²) in [5, 5.41) is 10.7. The number of nitro benzene ring substituents is 1. The van der Waals surface area contributed by atoms with Crippen LogP contribution >= 0.6 is 11.3 Å². The molecule has 1 heterocycles. The highest BCUT2D eigenvalue weighted by Gasteiger charge is 2.12. The first-order valence-electron chi connectivity index (χ1n) is 8.31. The second kappa shape index (κ2) is 7.56. The third kappa shape index (κ3) is 3.81. The number of nitrogens with zero attached hydrogens (tertiary/aromatic N) is 3. The summed E-state index contributed by atoms with van der Waals surface area (Å²) in [7, 11) is 0. The number of carbonyl (C=O) groups excluding carboxylic acids is 1. The number of hydrogen-bond acceptors (Lipinski definition) is 4. The Hall–Kier alpha value is -3.24. The summed E-state index contributed by atoms with van der Waals surface area (Å²) < 4.78 is 2.83. The average Bonchev–Trinajstić information content (AvgIpc) is 2.98. The third-order valence-electron chi connectivity index (χ3n) is 4.15. The van der Waals surface area contributed by atoms with E-state index in [9.17, 15) is 14.9 Å². The second-order valence-corrected chi connectivity index (χ2v) is 7.29. The van der Waals surface area contributed by atoms with Gasteiger partial charge in [0.1, 0.15) is 0 Å². The van der Waals surface area contributed by atoms with Crippen LogP contribution in [0.2, 0.25) is 0 Å². The lowest BCUT2D eigenvalue weighted by Gasteiger charge is -2.05. The molecule has 1 amide bonds. The molecule has 0 atom stereocenters. The van der Waals surface area contributed by atoms with Crippen LogP contribution in [0.25, 0.3) is 10.2 Å². The van der Waals surface area contributed by atoms with Gasteiger partial charge in [-0.15, -0.1) is 6.42 Å². The van der Waals surface area contributed by atoms with Gasteiger partial charge in [-0.25, -0.2) is 0 Å². The first kappa shape index (κ1) is 18.5. The highest BCUT2D eigenvalue weighted by molar-refractivity contribution is 7.16. The molecule has 0 spiro atoms. The lowest BCUT2D eigenvalue weighted by molar-refractivity contribution is -0.384. The van der Waals surface area contributed by atoms with Crippen molar-refractivity contribution in [3.8, 4) is 12.3 Å². The van der Waals surface area contributed by atoms with E-state index in [0.29, 0.717) is 17.3 Å². The SMILES string of the molecule is C#CCn1c(=NC(=O)c2ccc([N+](=O)[O-])cc2)sc2cc(C(C)C)ccc21. The molecule has 6 nitrogen and oxygen atoms in total. The van der Waals surface area contributed by atoms with Gasteiger partial charge in [0.2, 0.25) is 0 Å². The largest absolute Gasteiger partial charge is 0.305 e. The molecule has 27 heavy (non-hydrogen) atoms. The smallest absolute Gasteiger partial charge is 0.279 e. The number of amides is 1. The highest BCUT2D eigenvalue weighted by Crippen LogP contribution is 2.23. The van der Waals surface area contributed by atoms with Gasteiger partial charge < -0.3 is 4.57 Å². The number of thiazole rings is 1. The fourth-order valence-electron chi connectivity index (χ4n) is 2.66. The summed E-state index contributed by atoms with van der Waals surface area (Å²) >= 11 is 1.40. The van der Waals surface area contributed by atoms with Crippen LogP contribution < -0.4 is 4.80 Å². The number of fused-ring (bicyclic) bond motifs is 1. The molecule has 0 saturated carbocycles. The molecular weight excluding hydrogens is 362 g/mol. The lowest BCUT2D eigenvalue weighted by Crippen LogP contribution is -2.16. The zero-order chi connectivity index (χ0) is 19.6. The minimum atomic E-state index is -0.509. The predicted octanol–water partition coefficient (Wildman–Crippen LogP) is 4.11. The molecule has 1 aromatic heterocycles. The van der Waals surface area contributed by atoms with E-state index in [1.165, 1.54) is 41.2 Å². The molecule has 3 aromatic rings. The van der Waals surface area contributed by atoms with Crippen molar-refractivity contribution in [1.29, 1.82) is 0 Å². The summed E-state index contributed by atoms with van der Waals surface area (Å²) in [6, 6.07) is 11.5. The minimum Gasteiger partial charge on any atom is -0.305 e. The fourth-order valence-corrected chi connectivity index (χ4v) is 3.73. The highest BCUT2D eigenvalue weighted by atomic mass is 32.1. The zero-order valence-electron chi connectivity index (χ0n) is 14.9. The predicted molar refractivity (Wildman–Crippen MR) is 106 cm³/mol. The van der Waals surface area contributed by atoms with Gasteiger partial charge in [0.05, 0.1) is 21.7 Å². The maximum atomic E-state index is 12.5. The molecule has 2 aromatic carbocycles. The lowest BCUT2D eigenvalue weighted by atomic mass is 10.0. The van der Waals surface area contributed by atoms with Crippen LogP contribution in [0.3, 0.4) is 0 Å². The minimum absolute atomic E-state index is 0.0722. The number of non-ortho nitro benzene ring substituents is 1. The van der Waals surface area contributed by atoms with E-state index in [1.807, 2.05) is 10.6 Å². The second-order valence-electron chi connectivity index (χ2n) is 6.28. The van der Waals surface area contributed by atoms with Crippen molar-refractivity contribution in [2.75, 3.05) is 0 Å². The third-order valence-corrected chi connectivity index (χ3v) is 5.19. The Morgan fingerprint density at radius 2 is 2.00 bits per heavy atom. The van der Waals surface area contributed by atoms with E-state index in [-0.39, 0.29) is 11.3 Å². The maximum Gasteiger partial charge on any atom is 0.279 e. The molecule has 136 valence electrons. The first-order chi connectivity index (χ1) is 12.9. The Balaban J connectivity index is 2.08.